The van der Waals surface area contributed by atoms with E-state index in [2.05, 4.69) is 23.6 Å². The normalized spacial score (nSPS) is 26.8. The predicted molar refractivity (Wildman–Crippen MR) is 85.2 cm³/mol. The highest BCUT2D eigenvalue weighted by Gasteiger charge is 2.35. The van der Waals surface area contributed by atoms with Gasteiger partial charge < -0.3 is 10.0 Å². The van der Waals surface area contributed by atoms with Gasteiger partial charge >= 0.3 is 0 Å². The van der Waals surface area contributed by atoms with Crippen molar-refractivity contribution in [3.63, 3.8) is 0 Å². The van der Waals surface area contributed by atoms with Crippen molar-refractivity contribution in [2.75, 3.05) is 50.8 Å². The maximum Gasteiger partial charge on any atom is 0.151 e. The van der Waals surface area contributed by atoms with E-state index in [1.807, 2.05) is 0 Å². The molecule has 0 bridgehead atoms. The van der Waals surface area contributed by atoms with Gasteiger partial charge in [-0.3, -0.25) is 4.90 Å². The molecule has 2 aliphatic heterocycles. The molecule has 1 unspecified atom stereocenters. The molecule has 124 valence electrons. The summed E-state index contributed by atoms with van der Waals surface area (Å²) in [5, 5.41) is 9.31. The van der Waals surface area contributed by atoms with Crippen molar-refractivity contribution in [3.05, 3.63) is 0 Å². The Kier molecular flexibility index (Phi) is 5.68. The van der Waals surface area contributed by atoms with Gasteiger partial charge in [-0.1, -0.05) is 13.8 Å². The van der Waals surface area contributed by atoms with Crippen molar-refractivity contribution in [2.45, 2.75) is 39.2 Å². The van der Waals surface area contributed by atoms with Crippen molar-refractivity contribution in [3.8, 4) is 0 Å². The summed E-state index contributed by atoms with van der Waals surface area (Å²) in [5.74, 6) is 0.555. The molecule has 2 rings (SSSR count). The van der Waals surface area contributed by atoms with E-state index in [9.17, 15) is 13.5 Å². The smallest absolute Gasteiger partial charge is 0.151 e. The van der Waals surface area contributed by atoms with Crippen LogP contribution in [-0.2, 0) is 9.84 Å². The first-order chi connectivity index (χ1) is 9.81. The Morgan fingerprint density at radius 1 is 1.29 bits per heavy atom. The molecule has 0 spiro atoms. The third-order valence-electron chi connectivity index (χ3n) is 4.59. The lowest BCUT2D eigenvalue weighted by atomic mass is 9.91. The van der Waals surface area contributed by atoms with Crippen LogP contribution in [0.15, 0.2) is 0 Å². The van der Waals surface area contributed by atoms with Crippen LogP contribution in [0.4, 0.5) is 0 Å². The van der Waals surface area contributed by atoms with E-state index in [1.54, 1.807) is 0 Å². The van der Waals surface area contributed by atoms with E-state index >= 15 is 0 Å². The second-order valence-electron chi connectivity index (χ2n) is 7.40. The largest absolute Gasteiger partial charge is 0.395 e. The average Bonchev–Trinajstić information content (AvgIpc) is 2.97. The summed E-state index contributed by atoms with van der Waals surface area (Å²) >= 11 is 0. The van der Waals surface area contributed by atoms with E-state index in [4.69, 9.17) is 0 Å². The molecule has 6 heteroatoms. The summed E-state index contributed by atoms with van der Waals surface area (Å²) in [5.41, 5.74) is 0.117. The van der Waals surface area contributed by atoms with Gasteiger partial charge in [0.05, 0.1) is 18.1 Å². The maximum absolute atomic E-state index is 11.7. The molecule has 0 aromatic carbocycles. The molecule has 0 amide bonds. The molecular weight excluding hydrogens is 288 g/mol. The highest BCUT2D eigenvalue weighted by atomic mass is 32.2. The van der Waals surface area contributed by atoms with Gasteiger partial charge in [0.25, 0.3) is 0 Å². The summed E-state index contributed by atoms with van der Waals surface area (Å²) < 4.78 is 23.4. The predicted octanol–water partition coefficient (Wildman–Crippen LogP) is 0.590. The third kappa shape index (κ3) is 5.20. The van der Waals surface area contributed by atoms with Gasteiger partial charge in [0, 0.05) is 25.7 Å². The highest BCUT2D eigenvalue weighted by molar-refractivity contribution is 7.91. The number of aliphatic hydroxyl groups excluding tert-OH is 1. The molecular formula is C15H30N2O3S. The molecule has 2 aliphatic rings. The fourth-order valence-electron chi connectivity index (χ4n) is 3.73. The van der Waals surface area contributed by atoms with Crippen LogP contribution in [0, 0.1) is 5.41 Å². The van der Waals surface area contributed by atoms with Crippen LogP contribution >= 0.6 is 0 Å². The molecule has 0 aliphatic carbocycles. The minimum absolute atomic E-state index is 0.0833. The average molecular weight is 318 g/mol. The minimum atomic E-state index is -2.87. The van der Waals surface area contributed by atoms with Gasteiger partial charge in [0.15, 0.2) is 9.84 Å². The van der Waals surface area contributed by atoms with Crippen molar-refractivity contribution >= 4 is 9.84 Å². The van der Waals surface area contributed by atoms with E-state index in [0.29, 0.717) is 18.7 Å². The molecule has 0 radical (unpaired) electrons. The standard InChI is InChI=1S/C15H30N2O3S/c1-15(2,12-16-6-3-4-7-16)13-17(8-9-18)14-5-10-21(19,20)11-14/h14,18H,3-13H2,1-2H3. The Morgan fingerprint density at radius 3 is 2.48 bits per heavy atom. The second-order valence-corrected chi connectivity index (χ2v) is 9.63. The number of rotatable bonds is 7. The molecule has 0 aromatic heterocycles. The number of nitrogens with zero attached hydrogens (tertiary/aromatic N) is 2. The Morgan fingerprint density at radius 2 is 1.95 bits per heavy atom. The van der Waals surface area contributed by atoms with Crippen molar-refractivity contribution < 1.29 is 13.5 Å². The Balaban J connectivity index is 1.94. The van der Waals surface area contributed by atoms with E-state index in [-0.39, 0.29) is 23.8 Å². The zero-order valence-electron chi connectivity index (χ0n) is 13.4. The molecule has 5 nitrogen and oxygen atoms in total. The van der Waals surface area contributed by atoms with Crippen LogP contribution in [0.5, 0.6) is 0 Å². The monoisotopic (exact) mass is 318 g/mol. The Hall–Kier alpha value is -0.170. The molecule has 21 heavy (non-hydrogen) atoms. The SMILES string of the molecule is CC(C)(CN1CCCC1)CN(CCO)C1CCS(=O)(=O)C1. The number of aliphatic hydroxyl groups is 1. The van der Waals surface area contributed by atoms with Gasteiger partial charge in [-0.25, -0.2) is 8.42 Å². The van der Waals surface area contributed by atoms with E-state index in [0.717, 1.165) is 13.1 Å². The van der Waals surface area contributed by atoms with E-state index < -0.39 is 9.84 Å². The van der Waals surface area contributed by atoms with Crippen molar-refractivity contribution in [1.29, 1.82) is 0 Å². The van der Waals surface area contributed by atoms with Crippen LogP contribution < -0.4 is 0 Å². The first kappa shape index (κ1) is 17.2. The summed E-state index contributed by atoms with van der Waals surface area (Å²) in [4.78, 5) is 4.70. The number of hydrogen-bond donors (Lipinski definition) is 1. The van der Waals surface area contributed by atoms with Gasteiger partial charge in [0.2, 0.25) is 0 Å². The quantitative estimate of drug-likeness (QED) is 0.744. The van der Waals surface area contributed by atoms with Crippen LogP contribution in [0.3, 0.4) is 0 Å². The maximum atomic E-state index is 11.7. The zero-order chi connectivity index (χ0) is 15.5. The lowest BCUT2D eigenvalue weighted by Crippen LogP contribution is -2.47. The summed E-state index contributed by atoms with van der Waals surface area (Å²) in [6.07, 6.45) is 3.29. The fourth-order valence-corrected chi connectivity index (χ4v) is 5.49. The first-order valence-corrected chi connectivity index (χ1v) is 9.91. The first-order valence-electron chi connectivity index (χ1n) is 8.09. The lowest BCUT2D eigenvalue weighted by molar-refractivity contribution is 0.0902. The van der Waals surface area contributed by atoms with Gasteiger partial charge in [0.1, 0.15) is 0 Å². The number of hydrogen-bond acceptors (Lipinski definition) is 5. The Labute approximate surface area is 129 Å². The fraction of sp³-hybridized carbons (Fsp3) is 1.00. The van der Waals surface area contributed by atoms with Crippen LogP contribution in [0.2, 0.25) is 0 Å². The summed E-state index contributed by atoms with van der Waals surface area (Å²) in [6.45, 7) is 9.43. The third-order valence-corrected chi connectivity index (χ3v) is 6.34. The molecule has 1 atom stereocenters. The van der Waals surface area contributed by atoms with Crippen LogP contribution in [-0.4, -0.2) is 80.2 Å². The molecule has 0 aromatic rings. The second kappa shape index (κ2) is 6.94. The molecule has 1 N–H and O–H groups in total. The van der Waals surface area contributed by atoms with Gasteiger partial charge in [-0.15, -0.1) is 0 Å². The highest BCUT2D eigenvalue weighted by Crippen LogP contribution is 2.25. The van der Waals surface area contributed by atoms with E-state index in [1.165, 1.54) is 25.9 Å². The molecule has 0 saturated carbocycles. The molecule has 2 fully saturated rings. The van der Waals surface area contributed by atoms with Crippen molar-refractivity contribution in [1.82, 2.24) is 9.80 Å². The summed E-state index contributed by atoms with van der Waals surface area (Å²) in [6, 6.07) is 0.0833. The number of likely N-dealkylation sites (tertiary alicyclic amines) is 1. The zero-order valence-corrected chi connectivity index (χ0v) is 14.2. The Bertz CT molecular complexity index is 430. The molecule has 2 saturated heterocycles. The minimum Gasteiger partial charge on any atom is -0.395 e. The van der Waals surface area contributed by atoms with Crippen LogP contribution in [0.25, 0.3) is 0 Å². The topological polar surface area (TPSA) is 60.9 Å². The summed E-state index contributed by atoms with van der Waals surface area (Å²) in [7, 11) is -2.87. The van der Waals surface area contributed by atoms with Gasteiger partial charge in [-0.2, -0.15) is 0 Å². The number of sulfone groups is 1. The lowest BCUT2D eigenvalue weighted by Gasteiger charge is -2.37. The van der Waals surface area contributed by atoms with Crippen molar-refractivity contribution in [2.24, 2.45) is 5.41 Å². The molecule has 2 heterocycles. The van der Waals surface area contributed by atoms with Gasteiger partial charge in [-0.05, 0) is 37.8 Å². The van der Waals surface area contributed by atoms with Crippen LogP contribution in [0.1, 0.15) is 33.1 Å².